The van der Waals surface area contributed by atoms with Crippen molar-refractivity contribution in [3.8, 4) is 6.07 Å². The predicted octanol–water partition coefficient (Wildman–Crippen LogP) is 1.14. The lowest BCUT2D eigenvalue weighted by atomic mass is 9.87. The van der Waals surface area contributed by atoms with Crippen LogP contribution in [-0.4, -0.2) is 38.2 Å². The third-order valence-electron chi connectivity index (χ3n) is 3.89. The highest BCUT2D eigenvalue weighted by atomic mass is 16.5. The molecule has 0 unspecified atom stereocenters. The molecular formula is C17H18N2O4. The van der Waals surface area contributed by atoms with Gasteiger partial charge in [0.1, 0.15) is 12.0 Å². The fraction of sp³-hybridized carbons (Fsp3) is 0.353. The van der Waals surface area contributed by atoms with Crippen molar-refractivity contribution in [3.63, 3.8) is 0 Å². The van der Waals surface area contributed by atoms with Gasteiger partial charge in [-0.2, -0.15) is 5.26 Å². The van der Waals surface area contributed by atoms with Crippen molar-refractivity contribution >= 4 is 18.0 Å². The van der Waals surface area contributed by atoms with Gasteiger partial charge in [0.15, 0.2) is 0 Å². The highest BCUT2D eigenvalue weighted by molar-refractivity contribution is 5.85. The van der Waals surface area contributed by atoms with Gasteiger partial charge in [0.2, 0.25) is 0 Å². The number of rotatable bonds is 4. The Bertz CT molecular complexity index is 636. The van der Waals surface area contributed by atoms with Crippen LogP contribution in [0.5, 0.6) is 0 Å². The second-order valence-electron chi connectivity index (χ2n) is 5.17. The molecule has 1 saturated heterocycles. The summed E-state index contributed by atoms with van der Waals surface area (Å²) in [6, 6.07) is 10.2. The summed E-state index contributed by atoms with van der Waals surface area (Å²) in [5.41, 5.74) is 0.952. The van der Waals surface area contributed by atoms with E-state index in [0.717, 1.165) is 5.56 Å². The number of esters is 2. The van der Waals surface area contributed by atoms with Gasteiger partial charge in [0.05, 0.1) is 26.2 Å². The molecule has 0 amide bonds. The molecule has 1 heterocycles. The normalized spacial score (nSPS) is 26.7. The van der Waals surface area contributed by atoms with Gasteiger partial charge in [0.25, 0.3) is 0 Å². The minimum atomic E-state index is -0.900. The van der Waals surface area contributed by atoms with Crippen molar-refractivity contribution in [2.75, 3.05) is 14.2 Å². The van der Waals surface area contributed by atoms with Gasteiger partial charge in [0, 0.05) is 6.04 Å². The van der Waals surface area contributed by atoms with E-state index in [-0.39, 0.29) is 0 Å². The molecule has 0 bridgehead atoms. The first-order chi connectivity index (χ1) is 11.1. The third-order valence-corrected chi connectivity index (χ3v) is 3.89. The first kappa shape index (κ1) is 16.7. The van der Waals surface area contributed by atoms with Crippen molar-refractivity contribution in [3.05, 3.63) is 42.0 Å². The SMILES string of the molecule is COC(=O)[C@H]1[C@H](C(=O)OC)[C@@H](C#N)N[C@H]1/C=C/c1ccccc1. The van der Waals surface area contributed by atoms with Crippen LogP contribution in [0.15, 0.2) is 36.4 Å². The van der Waals surface area contributed by atoms with Gasteiger partial charge >= 0.3 is 11.9 Å². The molecule has 1 aliphatic rings. The van der Waals surface area contributed by atoms with Crippen molar-refractivity contribution in [1.82, 2.24) is 5.32 Å². The number of carbonyl (C=O) groups excluding carboxylic acids is 2. The minimum Gasteiger partial charge on any atom is -0.469 e. The predicted molar refractivity (Wildman–Crippen MR) is 82.8 cm³/mol. The van der Waals surface area contributed by atoms with Crippen LogP contribution >= 0.6 is 0 Å². The fourth-order valence-electron chi connectivity index (χ4n) is 2.77. The minimum absolute atomic E-state index is 0.489. The van der Waals surface area contributed by atoms with E-state index in [1.165, 1.54) is 14.2 Å². The van der Waals surface area contributed by atoms with Crippen molar-refractivity contribution in [1.29, 1.82) is 5.26 Å². The van der Waals surface area contributed by atoms with Crippen molar-refractivity contribution < 1.29 is 19.1 Å². The number of benzene rings is 1. The first-order valence-electron chi connectivity index (χ1n) is 7.17. The molecule has 23 heavy (non-hydrogen) atoms. The summed E-state index contributed by atoms with van der Waals surface area (Å²) in [5, 5.41) is 12.3. The van der Waals surface area contributed by atoms with Gasteiger partial charge in [-0.25, -0.2) is 0 Å². The number of ether oxygens (including phenoxy) is 2. The molecule has 1 fully saturated rings. The molecule has 0 saturated carbocycles. The van der Waals surface area contributed by atoms with Crippen LogP contribution in [-0.2, 0) is 19.1 Å². The average Bonchev–Trinajstić information content (AvgIpc) is 2.98. The van der Waals surface area contributed by atoms with Crippen LogP contribution in [0.1, 0.15) is 5.56 Å². The Morgan fingerprint density at radius 2 is 1.74 bits per heavy atom. The summed E-state index contributed by atoms with van der Waals surface area (Å²) < 4.78 is 9.54. The van der Waals surface area contributed by atoms with Crippen molar-refractivity contribution in [2.45, 2.75) is 12.1 Å². The van der Waals surface area contributed by atoms with Gasteiger partial charge in [-0.15, -0.1) is 0 Å². The Kier molecular flexibility index (Phi) is 5.50. The van der Waals surface area contributed by atoms with Gasteiger partial charge in [-0.1, -0.05) is 42.5 Å². The molecular weight excluding hydrogens is 296 g/mol. The number of nitrogens with one attached hydrogen (secondary N) is 1. The largest absolute Gasteiger partial charge is 0.469 e. The van der Waals surface area contributed by atoms with Gasteiger partial charge in [-0.05, 0) is 5.56 Å². The number of nitriles is 1. The van der Waals surface area contributed by atoms with Crippen LogP contribution in [0.2, 0.25) is 0 Å². The number of methoxy groups -OCH3 is 2. The molecule has 0 radical (unpaired) electrons. The third kappa shape index (κ3) is 3.58. The molecule has 1 aliphatic heterocycles. The maximum absolute atomic E-state index is 12.1. The average molecular weight is 314 g/mol. The van der Waals surface area contributed by atoms with Crippen LogP contribution in [0.3, 0.4) is 0 Å². The zero-order valence-corrected chi connectivity index (χ0v) is 12.9. The maximum atomic E-state index is 12.1. The highest BCUT2D eigenvalue weighted by Gasteiger charge is 2.51. The molecule has 0 aliphatic carbocycles. The van der Waals surface area contributed by atoms with E-state index in [9.17, 15) is 14.9 Å². The van der Waals surface area contributed by atoms with E-state index >= 15 is 0 Å². The second-order valence-corrected chi connectivity index (χ2v) is 5.17. The summed E-state index contributed by atoms with van der Waals surface area (Å²) in [5.74, 6) is -2.86. The molecule has 1 N–H and O–H groups in total. The van der Waals surface area contributed by atoms with Crippen molar-refractivity contribution in [2.24, 2.45) is 11.8 Å². The summed E-state index contributed by atoms with van der Waals surface area (Å²) in [7, 11) is 2.49. The summed E-state index contributed by atoms with van der Waals surface area (Å²) in [6.45, 7) is 0. The highest BCUT2D eigenvalue weighted by Crippen LogP contribution is 2.31. The summed E-state index contributed by atoms with van der Waals surface area (Å²) in [6.07, 6.45) is 3.60. The fourth-order valence-corrected chi connectivity index (χ4v) is 2.77. The lowest BCUT2D eigenvalue weighted by Gasteiger charge is -2.18. The zero-order chi connectivity index (χ0) is 16.8. The lowest BCUT2D eigenvalue weighted by Crippen LogP contribution is -2.35. The molecule has 6 nitrogen and oxygen atoms in total. The Labute approximate surface area is 134 Å². The van der Waals surface area contributed by atoms with E-state index in [0.29, 0.717) is 0 Å². The Morgan fingerprint density at radius 3 is 2.30 bits per heavy atom. The van der Waals surface area contributed by atoms with E-state index < -0.39 is 35.9 Å². The van der Waals surface area contributed by atoms with Crippen LogP contribution < -0.4 is 5.32 Å². The molecule has 1 aromatic rings. The lowest BCUT2D eigenvalue weighted by molar-refractivity contribution is -0.156. The molecule has 120 valence electrons. The number of hydrogen-bond acceptors (Lipinski definition) is 6. The smallest absolute Gasteiger partial charge is 0.312 e. The Balaban J connectivity index is 2.30. The second kappa shape index (κ2) is 7.56. The van der Waals surface area contributed by atoms with E-state index in [1.54, 1.807) is 6.08 Å². The molecule has 2 rings (SSSR count). The van der Waals surface area contributed by atoms with Gasteiger partial charge in [-0.3, -0.25) is 14.9 Å². The Morgan fingerprint density at radius 1 is 1.13 bits per heavy atom. The van der Waals surface area contributed by atoms with Crippen LogP contribution in [0, 0.1) is 23.2 Å². The quantitative estimate of drug-likeness (QED) is 0.839. The standard InChI is InChI=1S/C17H18N2O4/c1-22-16(20)14-12(9-8-11-6-4-3-5-7-11)19-13(10-18)15(14)17(21)23-2/h3-9,12-15,19H,1-2H3/b9-8+/t12-,13+,14+,15+/m0/s1. The van der Waals surface area contributed by atoms with Crippen LogP contribution in [0.4, 0.5) is 0 Å². The topological polar surface area (TPSA) is 88.4 Å². The van der Waals surface area contributed by atoms with E-state index in [1.807, 2.05) is 42.5 Å². The zero-order valence-electron chi connectivity index (χ0n) is 12.9. The number of nitrogens with zero attached hydrogens (tertiary/aromatic N) is 1. The van der Waals surface area contributed by atoms with Gasteiger partial charge < -0.3 is 9.47 Å². The first-order valence-corrected chi connectivity index (χ1v) is 7.17. The molecule has 0 aromatic heterocycles. The molecule has 6 heteroatoms. The molecule has 0 spiro atoms. The monoisotopic (exact) mass is 314 g/mol. The molecule has 1 aromatic carbocycles. The van der Waals surface area contributed by atoms with E-state index in [4.69, 9.17) is 9.47 Å². The molecule has 4 atom stereocenters. The summed E-state index contributed by atoms with van der Waals surface area (Å²) >= 11 is 0. The maximum Gasteiger partial charge on any atom is 0.312 e. The summed E-state index contributed by atoms with van der Waals surface area (Å²) in [4.78, 5) is 24.1. The van der Waals surface area contributed by atoms with Crippen LogP contribution in [0.25, 0.3) is 6.08 Å². The Hall–Kier alpha value is -2.65. The number of hydrogen-bond donors (Lipinski definition) is 1. The number of carbonyl (C=O) groups is 2. The van der Waals surface area contributed by atoms with E-state index in [2.05, 4.69) is 5.32 Å².